The van der Waals surface area contributed by atoms with E-state index >= 15 is 0 Å². The van der Waals surface area contributed by atoms with Gasteiger partial charge in [0.05, 0.1) is 25.2 Å². The average molecular weight is 491 g/mol. The number of amides is 1. The Hall–Kier alpha value is -1.90. The number of hydrogen-bond donors (Lipinski definition) is 0. The highest BCUT2D eigenvalue weighted by Gasteiger charge is 2.38. The fourth-order valence-corrected chi connectivity index (χ4v) is 7.66. The van der Waals surface area contributed by atoms with Gasteiger partial charge in [-0.25, -0.2) is 8.42 Å². The molecule has 0 radical (unpaired) electrons. The first-order chi connectivity index (χ1) is 15.9. The van der Waals surface area contributed by atoms with Crippen molar-refractivity contribution in [1.29, 1.82) is 0 Å². The second-order valence-electron chi connectivity index (χ2n) is 9.19. The number of methoxy groups -OCH3 is 1. The molecule has 1 atom stereocenters. The molecule has 2 fully saturated rings. The monoisotopic (exact) mass is 490 g/mol. The molecular formula is C25H34N2O4S2. The minimum atomic E-state index is -3.06. The van der Waals surface area contributed by atoms with Gasteiger partial charge in [0.25, 0.3) is 0 Å². The predicted molar refractivity (Wildman–Crippen MR) is 132 cm³/mol. The molecule has 6 nitrogen and oxygen atoms in total. The number of carbonyl (C=O) groups is 1. The van der Waals surface area contributed by atoms with Crippen LogP contribution in [0, 0.1) is 0 Å². The summed E-state index contributed by atoms with van der Waals surface area (Å²) < 4.78 is 30.0. The third-order valence-corrected chi connectivity index (χ3v) is 9.37. The number of benzene rings is 1. The summed E-state index contributed by atoms with van der Waals surface area (Å²) >= 11 is 1.68. The van der Waals surface area contributed by atoms with Crippen LogP contribution in [0.1, 0.15) is 49.0 Å². The molecule has 1 unspecified atom stereocenters. The van der Waals surface area contributed by atoms with Crippen LogP contribution in [0.3, 0.4) is 0 Å². The molecule has 1 aliphatic heterocycles. The zero-order chi connectivity index (χ0) is 23.3. The molecule has 0 spiro atoms. The number of hydrogen-bond acceptors (Lipinski definition) is 6. The van der Waals surface area contributed by atoms with E-state index in [0.29, 0.717) is 19.5 Å². The Morgan fingerprint density at radius 3 is 2.48 bits per heavy atom. The molecule has 2 aliphatic rings. The van der Waals surface area contributed by atoms with Gasteiger partial charge in [0.15, 0.2) is 9.84 Å². The van der Waals surface area contributed by atoms with Crippen LogP contribution in [0.4, 0.5) is 0 Å². The van der Waals surface area contributed by atoms with Crippen LogP contribution in [0.15, 0.2) is 41.8 Å². The molecule has 8 heteroatoms. The maximum absolute atomic E-state index is 13.8. The van der Waals surface area contributed by atoms with E-state index in [2.05, 4.69) is 16.3 Å². The Labute approximate surface area is 201 Å². The first-order valence-electron chi connectivity index (χ1n) is 11.8. The lowest BCUT2D eigenvalue weighted by atomic mass is 9.92. The smallest absolute Gasteiger partial charge is 0.237 e. The predicted octanol–water partition coefficient (Wildman–Crippen LogP) is 4.11. The minimum absolute atomic E-state index is 0.0513. The molecule has 180 valence electrons. The Morgan fingerprint density at radius 1 is 1.03 bits per heavy atom. The summed E-state index contributed by atoms with van der Waals surface area (Å²) in [4.78, 5) is 19.1. The highest BCUT2D eigenvalue weighted by molar-refractivity contribution is 7.91. The topological polar surface area (TPSA) is 66.9 Å². The fraction of sp³-hybridized carbons (Fsp3) is 0.560. The number of rotatable bonds is 9. The van der Waals surface area contributed by atoms with Gasteiger partial charge >= 0.3 is 0 Å². The van der Waals surface area contributed by atoms with Crippen molar-refractivity contribution in [2.75, 3.05) is 25.2 Å². The van der Waals surface area contributed by atoms with Gasteiger partial charge in [-0.15, -0.1) is 11.3 Å². The summed E-state index contributed by atoms with van der Waals surface area (Å²) in [5.74, 6) is 1.16. The van der Waals surface area contributed by atoms with E-state index in [1.807, 2.05) is 35.2 Å². The third-order valence-electron chi connectivity index (χ3n) is 6.76. The van der Waals surface area contributed by atoms with Crippen molar-refractivity contribution in [2.45, 2.75) is 63.7 Å². The van der Waals surface area contributed by atoms with Crippen LogP contribution >= 0.6 is 11.3 Å². The Bertz CT molecular complexity index is 1020. The molecule has 1 aliphatic carbocycles. The van der Waals surface area contributed by atoms with E-state index in [9.17, 15) is 13.2 Å². The molecule has 1 saturated heterocycles. The van der Waals surface area contributed by atoms with E-state index < -0.39 is 9.84 Å². The van der Waals surface area contributed by atoms with Crippen LogP contribution < -0.4 is 4.74 Å². The van der Waals surface area contributed by atoms with Crippen molar-refractivity contribution >= 4 is 27.1 Å². The van der Waals surface area contributed by atoms with Gasteiger partial charge in [-0.1, -0.05) is 43.5 Å². The fourth-order valence-electron chi connectivity index (χ4n) is 5.20. The van der Waals surface area contributed by atoms with Crippen molar-refractivity contribution < 1.29 is 17.9 Å². The van der Waals surface area contributed by atoms with Crippen molar-refractivity contribution in [3.05, 3.63) is 52.2 Å². The number of ether oxygens (including phenoxy) is 1. The largest absolute Gasteiger partial charge is 0.496 e. The second kappa shape index (κ2) is 11.0. The van der Waals surface area contributed by atoms with Crippen LogP contribution in [0.5, 0.6) is 5.75 Å². The molecule has 0 bridgehead atoms. The molecule has 0 N–H and O–H groups in total. The Kier molecular flexibility index (Phi) is 8.09. The van der Waals surface area contributed by atoms with Gasteiger partial charge < -0.3 is 9.64 Å². The Balaban J connectivity index is 1.55. The minimum Gasteiger partial charge on any atom is -0.496 e. The highest BCUT2D eigenvalue weighted by atomic mass is 32.2. The summed E-state index contributed by atoms with van der Waals surface area (Å²) in [5, 5.41) is 2.05. The summed E-state index contributed by atoms with van der Waals surface area (Å²) in [6.45, 7) is 1.53. The van der Waals surface area contributed by atoms with E-state index in [4.69, 9.17) is 4.74 Å². The highest BCUT2D eigenvalue weighted by Crippen LogP contribution is 2.29. The van der Waals surface area contributed by atoms with Crippen LogP contribution in [-0.2, 0) is 27.7 Å². The van der Waals surface area contributed by atoms with Crippen molar-refractivity contribution in [3.8, 4) is 5.75 Å². The zero-order valence-electron chi connectivity index (χ0n) is 19.3. The van der Waals surface area contributed by atoms with E-state index in [0.717, 1.165) is 37.0 Å². The summed E-state index contributed by atoms with van der Waals surface area (Å²) in [6, 6.07) is 12.0. The first kappa shape index (κ1) is 24.2. The van der Waals surface area contributed by atoms with Gasteiger partial charge in [0.2, 0.25) is 5.91 Å². The van der Waals surface area contributed by atoms with Gasteiger partial charge in [-0.05, 0) is 36.8 Å². The SMILES string of the molecule is COc1ccccc1CN(CC(=O)N(C1CCCCC1)C1CCS(=O)(=O)C1)Cc1cccs1. The van der Waals surface area contributed by atoms with Crippen molar-refractivity contribution in [3.63, 3.8) is 0 Å². The average Bonchev–Trinajstić information content (AvgIpc) is 3.44. The summed E-state index contributed by atoms with van der Waals surface area (Å²) in [7, 11) is -1.40. The molecule has 33 heavy (non-hydrogen) atoms. The number of nitrogens with zero attached hydrogens (tertiary/aromatic N) is 2. The maximum atomic E-state index is 13.8. The summed E-state index contributed by atoms with van der Waals surface area (Å²) in [5.41, 5.74) is 1.04. The molecule has 1 amide bonds. The van der Waals surface area contributed by atoms with Crippen molar-refractivity contribution in [1.82, 2.24) is 9.80 Å². The van der Waals surface area contributed by atoms with Crippen LogP contribution in [0.2, 0.25) is 0 Å². The number of thiophene rings is 1. The number of sulfone groups is 1. The van der Waals surface area contributed by atoms with E-state index in [1.54, 1.807) is 18.4 Å². The molecule has 2 aromatic rings. The van der Waals surface area contributed by atoms with Crippen molar-refractivity contribution in [2.24, 2.45) is 0 Å². The standard InChI is InChI=1S/C25H34N2O4S2/c1-31-24-12-6-5-8-20(24)16-26(17-23-11-7-14-32-23)18-25(28)27(21-9-3-2-4-10-21)22-13-15-33(29,30)19-22/h5-8,11-12,14,21-22H,2-4,9-10,13,15-19H2,1H3. The summed E-state index contributed by atoms with van der Waals surface area (Å²) in [6.07, 6.45) is 5.91. The quantitative estimate of drug-likeness (QED) is 0.529. The normalized spacial score (nSPS) is 20.7. The lowest BCUT2D eigenvalue weighted by Crippen LogP contribution is -2.51. The molecular weight excluding hydrogens is 456 g/mol. The van der Waals surface area contributed by atoms with Crippen LogP contribution in [0.25, 0.3) is 0 Å². The third kappa shape index (κ3) is 6.37. The zero-order valence-corrected chi connectivity index (χ0v) is 21.0. The van der Waals surface area contributed by atoms with E-state index in [1.165, 1.54) is 11.3 Å². The van der Waals surface area contributed by atoms with Gasteiger partial charge in [-0.3, -0.25) is 9.69 Å². The van der Waals surface area contributed by atoms with Gasteiger partial charge in [-0.2, -0.15) is 0 Å². The first-order valence-corrected chi connectivity index (χ1v) is 14.5. The number of para-hydroxylation sites is 1. The van der Waals surface area contributed by atoms with Crippen LogP contribution in [-0.4, -0.2) is 61.4 Å². The maximum Gasteiger partial charge on any atom is 0.237 e. The molecule has 2 heterocycles. The van der Waals surface area contributed by atoms with E-state index in [-0.39, 0.29) is 36.0 Å². The lowest BCUT2D eigenvalue weighted by Gasteiger charge is -2.39. The molecule has 4 rings (SSSR count). The molecule has 1 saturated carbocycles. The lowest BCUT2D eigenvalue weighted by molar-refractivity contribution is -0.138. The second-order valence-corrected chi connectivity index (χ2v) is 12.4. The Morgan fingerprint density at radius 2 is 1.82 bits per heavy atom. The van der Waals surface area contributed by atoms with Gasteiger partial charge in [0, 0.05) is 35.6 Å². The van der Waals surface area contributed by atoms with Gasteiger partial charge in [0.1, 0.15) is 5.75 Å². The molecule has 1 aromatic carbocycles. The molecule has 1 aromatic heterocycles. The number of carbonyl (C=O) groups excluding carboxylic acids is 1.